The third-order valence-corrected chi connectivity index (χ3v) is 2.72. The van der Waals surface area contributed by atoms with E-state index in [1.165, 1.54) is 11.3 Å². The molecule has 0 radical (unpaired) electrons. The highest BCUT2D eigenvalue weighted by molar-refractivity contribution is 5.51. The van der Waals surface area contributed by atoms with Crippen LogP contribution in [0.4, 0.5) is 5.69 Å². The number of hydrogen-bond acceptors (Lipinski definition) is 2. The smallest absolute Gasteiger partial charge is 0.0543 e. The number of nitrogens with zero attached hydrogens (tertiary/aromatic N) is 2. The molecule has 0 saturated heterocycles. The predicted octanol–water partition coefficient (Wildman–Crippen LogP) is 3.16. The van der Waals surface area contributed by atoms with Crippen molar-refractivity contribution in [2.24, 2.45) is 0 Å². The average molecular weight is 227 g/mol. The lowest BCUT2D eigenvalue weighted by atomic mass is 10.1. The van der Waals surface area contributed by atoms with Gasteiger partial charge in [0, 0.05) is 30.2 Å². The van der Waals surface area contributed by atoms with Gasteiger partial charge in [0.05, 0.1) is 6.20 Å². The summed E-state index contributed by atoms with van der Waals surface area (Å²) in [6.07, 6.45) is 6.54. The standard InChI is InChI=1S/C14H17N3/c1-3-13-7-5-6-8-14(13)15-9-12-10-16-17(4-2)11-12/h4-8,10-11,15H,2-3,9H2,1H3. The Balaban J connectivity index is 2.04. The first-order valence-corrected chi connectivity index (χ1v) is 5.81. The van der Waals surface area contributed by atoms with Crippen LogP contribution in [0.5, 0.6) is 0 Å². The second kappa shape index (κ2) is 5.34. The SMILES string of the molecule is C=Cn1cc(CNc2ccccc2CC)cn1. The van der Waals surface area contributed by atoms with Crippen molar-refractivity contribution in [1.29, 1.82) is 0 Å². The fourth-order valence-electron chi connectivity index (χ4n) is 1.77. The van der Waals surface area contributed by atoms with Gasteiger partial charge in [-0.25, -0.2) is 4.68 Å². The highest BCUT2D eigenvalue weighted by Crippen LogP contribution is 2.16. The molecule has 1 heterocycles. The van der Waals surface area contributed by atoms with Crippen LogP contribution in [-0.2, 0) is 13.0 Å². The molecule has 0 atom stereocenters. The monoisotopic (exact) mass is 227 g/mol. The molecule has 3 nitrogen and oxygen atoms in total. The molecule has 2 rings (SSSR count). The van der Waals surface area contributed by atoms with E-state index in [4.69, 9.17) is 0 Å². The van der Waals surface area contributed by atoms with E-state index in [0.29, 0.717) is 0 Å². The fourth-order valence-corrected chi connectivity index (χ4v) is 1.77. The first kappa shape index (κ1) is 11.5. The lowest BCUT2D eigenvalue weighted by molar-refractivity contribution is 0.936. The van der Waals surface area contributed by atoms with Crippen LogP contribution in [0, 0.1) is 0 Å². The number of aromatic nitrogens is 2. The molecule has 0 fully saturated rings. The topological polar surface area (TPSA) is 29.9 Å². The number of para-hydroxylation sites is 1. The largest absolute Gasteiger partial charge is 0.381 e. The van der Waals surface area contributed by atoms with E-state index < -0.39 is 0 Å². The minimum Gasteiger partial charge on any atom is -0.381 e. The lowest BCUT2D eigenvalue weighted by Crippen LogP contribution is -2.01. The maximum absolute atomic E-state index is 4.15. The number of anilines is 1. The predicted molar refractivity (Wildman–Crippen MR) is 71.8 cm³/mol. The van der Waals surface area contributed by atoms with E-state index in [1.54, 1.807) is 10.9 Å². The molecule has 2 aromatic rings. The quantitative estimate of drug-likeness (QED) is 0.850. The normalized spacial score (nSPS) is 10.2. The van der Waals surface area contributed by atoms with Crippen molar-refractivity contribution in [2.45, 2.75) is 19.9 Å². The van der Waals surface area contributed by atoms with E-state index in [0.717, 1.165) is 18.5 Å². The first-order valence-electron chi connectivity index (χ1n) is 5.81. The number of benzene rings is 1. The van der Waals surface area contributed by atoms with Crippen LogP contribution >= 0.6 is 0 Å². The molecular formula is C14H17N3. The second-order valence-electron chi connectivity index (χ2n) is 3.88. The Morgan fingerprint density at radius 2 is 2.24 bits per heavy atom. The maximum atomic E-state index is 4.15. The van der Waals surface area contributed by atoms with Crippen LogP contribution in [-0.4, -0.2) is 9.78 Å². The van der Waals surface area contributed by atoms with Gasteiger partial charge in [-0.3, -0.25) is 0 Å². The number of aryl methyl sites for hydroxylation is 1. The Labute approximate surface area is 102 Å². The van der Waals surface area contributed by atoms with Gasteiger partial charge in [-0.15, -0.1) is 0 Å². The van der Waals surface area contributed by atoms with Gasteiger partial charge in [0.25, 0.3) is 0 Å². The zero-order valence-electron chi connectivity index (χ0n) is 10.1. The van der Waals surface area contributed by atoms with Crippen molar-refractivity contribution in [1.82, 2.24) is 9.78 Å². The van der Waals surface area contributed by atoms with E-state index in [2.05, 4.69) is 48.2 Å². The van der Waals surface area contributed by atoms with Crippen LogP contribution in [0.25, 0.3) is 6.20 Å². The highest BCUT2D eigenvalue weighted by atomic mass is 15.2. The minimum atomic E-state index is 0.783. The van der Waals surface area contributed by atoms with Gasteiger partial charge in [0.15, 0.2) is 0 Å². The molecule has 0 unspecified atom stereocenters. The van der Waals surface area contributed by atoms with E-state index in [1.807, 2.05) is 12.4 Å². The highest BCUT2D eigenvalue weighted by Gasteiger charge is 2.00. The summed E-state index contributed by atoms with van der Waals surface area (Å²) in [5, 5.41) is 7.58. The summed E-state index contributed by atoms with van der Waals surface area (Å²) in [6, 6.07) is 8.38. The number of nitrogens with one attached hydrogen (secondary N) is 1. The molecule has 1 aromatic carbocycles. The maximum Gasteiger partial charge on any atom is 0.0543 e. The molecule has 0 saturated carbocycles. The van der Waals surface area contributed by atoms with Crippen molar-refractivity contribution in [2.75, 3.05) is 5.32 Å². The summed E-state index contributed by atoms with van der Waals surface area (Å²) in [5.74, 6) is 0. The molecule has 0 amide bonds. The summed E-state index contributed by atoms with van der Waals surface area (Å²) >= 11 is 0. The summed E-state index contributed by atoms with van der Waals surface area (Å²) in [4.78, 5) is 0. The van der Waals surface area contributed by atoms with Gasteiger partial charge < -0.3 is 5.32 Å². The molecule has 3 heteroatoms. The molecule has 88 valence electrons. The van der Waals surface area contributed by atoms with Crippen LogP contribution in [0.2, 0.25) is 0 Å². The zero-order valence-corrected chi connectivity index (χ0v) is 10.1. The van der Waals surface area contributed by atoms with Gasteiger partial charge >= 0.3 is 0 Å². The Morgan fingerprint density at radius 3 is 2.94 bits per heavy atom. The molecule has 0 bridgehead atoms. The molecule has 17 heavy (non-hydrogen) atoms. The Bertz CT molecular complexity index is 500. The summed E-state index contributed by atoms with van der Waals surface area (Å²) < 4.78 is 1.71. The molecule has 0 aliphatic heterocycles. The third-order valence-electron chi connectivity index (χ3n) is 2.72. The molecule has 1 aromatic heterocycles. The molecular weight excluding hydrogens is 210 g/mol. The van der Waals surface area contributed by atoms with E-state index in [9.17, 15) is 0 Å². The molecule has 0 spiro atoms. The van der Waals surface area contributed by atoms with Gasteiger partial charge in [0.2, 0.25) is 0 Å². The average Bonchev–Trinajstić information content (AvgIpc) is 2.84. The van der Waals surface area contributed by atoms with Crippen LogP contribution < -0.4 is 5.32 Å². The molecule has 0 aliphatic carbocycles. The van der Waals surface area contributed by atoms with E-state index in [-0.39, 0.29) is 0 Å². The number of hydrogen-bond donors (Lipinski definition) is 1. The van der Waals surface area contributed by atoms with Crippen LogP contribution in [0.15, 0.2) is 43.2 Å². The van der Waals surface area contributed by atoms with Crippen LogP contribution in [0.1, 0.15) is 18.1 Å². The second-order valence-corrected chi connectivity index (χ2v) is 3.88. The minimum absolute atomic E-state index is 0.783. The molecule has 1 N–H and O–H groups in total. The van der Waals surface area contributed by atoms with Crippen molar-refractivity contribution < 1.29 is 0 Å². The lowest BCUT2D eigenvalue weighted by Gasteiger charge is -2.09. The summed E-state index contributed by atoms with van der Waals surface area (Å²) in [5.41, 5.74) is 3.68. The van der Waals surface area contributed by atoms with Gasteiger partial charge in [0.1, 0.15) is 0 Å². The zero-order chi connectivity index (χ0) is 12.1. The van der Waals surface area contributed by atoms with E-state index >= 15 is 0 Å². The Kier molecular flexibility index (Phi) is 3.60. The van der Waals surface area contributed by atoms with Gasteiger partial charge in [-0.1, -0.05) is 31.7 Å². The van der Waals surface area contributed by atoms with Gasteiger partial charge in [-0.2, -0.15) is 5.10 Å². The summed E-state index contributed by atoms with van der Waals surface area (Å²) in [6.45, 7) is 6.62. The first-order chi connectivity index (χ1) is 8.33. The number of rotatable bonds is 5. The fraction of sp³-hybridized carbons (Fsp3) is 0.214. The Hall–Kier alpha value is -2.03. The van der Waals surface area contributed by atoms with Crippen molar-refractivity contribution in [3.8, 4) is 0 Å². The van der Waals surface area contributed by atoms with Gasteiger partial charge in [-0.05, 0) is 18.1 Å². The third kappa shape index (κ3) is 2.75. The van der Waals surface area contributed by atoms with Crippen molar-refractivity contribution in [3.63, 3.8) is 0 Å². The van der Waals surface area contributed by atoms with Crippen molar-refractivity contribution in [3.05, 3.63) is 54.4 Å². The molecule has 0 aliphatic rings. The van der Waals surface area contributed by atoms with Crippen LogP contribution in [0.3, 0.4) is 0 Å². The Morgan fingerprint density at radius 1 is 1.41 bits per heavy atom. The summed E-state index contributed by atoms with van der Waals surface area (Å²) in [7, 11) is 0. The van der Waals surface area contributed by atoms with Crippen molar-refractivity contribution >= 4 is 11.9 Å².